The fraction of sp³-hybridized carbons (Fsp3) is 0.857. The van der Waals surface area contributed by atoms with Crippen molar-refractivity contribution in [3.8, 4) is 0 Å². The van der Waals surface area contributed by atoms with Crippen LogP contribution in [-0.2, 0) is 4.74 Å². The molecule has 20 heavy (non-hydrogen) atoms. The molecule has 2 saturated heterocycles. The van der Waals surface area contributed by atoms with E-state index in [-0.39, 0.29) is 35.7 Å². The Bertz CT molecular complexity index is 399. The highest BCUT2D eigenvalue weighted by Gasteiger charge is 2.53. The zero-order valence-electron chi connectivity index (χ0n) is 11.9. The number of ether oxygens (including phenoxy) is 1. The van der Waals surface area contributed by atoms with Gasteiger partial charge in [0.15, 0.2) is 6.29 Å². The van der Waals surface area contributed by atoms with Gasteiger partial charge < -0.3 is 20.1 Å². The second-order valence-electron chi connectivity index (χ2n) is 6.06. The van der Waals surface area contributed by atoms with Gasteiger partial charge in [0.05, 0.1) is 24.2 Å². The Morgan fingerprint density at radius 3 is 2.80 bits per heavy atom. The first-order valence-corrected chi connectivity index (χ1v) is 7.43. The normalized spacial score (nSPS) is 45.9. The van der Waals surface area contributed by atoms with Gasteiger partial charge in [0.25, 0.3) is 0 Å². The summed E-state index contributed by atoms with van der Waals surface area (Å²) in [5.41, 5.74) is 0. The molecule has 0 bridgehead atoms. The molecule has 2 heterocycles. The van der Waals surface area contributed by atoms with Gasteiger partial charge in [-0.3, -0.25) is 10.2 Å². The first kappa shape index (κ1) is 14.3. The molecule has 6 heteroatoms. The Hall–Kier alpha value is -0.660. The van der Waals surface area contributed by atoms with E-state index in [1.807, 2.05) is 13.8 Å². The minimum atomic E-state index is -0.916. The lowest BCUT2D eigenvalue weighted by molar-refractivity contribution is -0.122. The van der Waals surface area contributed by atoms with Gasteiger partial charge in [-0.05, 0) is 18.9 Å². The molecule has 1 aliphatic carbocycles. The number of rotatable bonds is 4. The van der Waals surface area contributed by atoms with E-state index in [1.165, 1.54) is 0 Å². The number of aliphatic hydroxyl groups is 3. The van der Waals surface area contributed by atoms with Crippen molar-refractivity contribution in [3.05, 3.63) is 11.8 Å². The van der Waals surface area contributed by atoms with Crippen LogP contribution in [0.5, 0.6) is 0 Å². The zero-order valence-corrected chi connectivity index (χ0v) is 11.9. The first-order valence-electron chi connectivity index (χ1n) is 7.43. The molecule has 3 rings (SSSR count). The van der Waals surface area contributed by atoms with Gasteiger partial charge in [0, 0.05) is 25.6 Å². The van der Waals surface area contributed by atoms with Crippen LogP contribution in [0.2, 0.25) is 0 Å². The molecule has 0 aromatic carbocycles. The molecule has 0 radical (unpaired) electrons. The summed E-state index contributed by atoms with van der Waals surface area (Å²) in [6.45, 7) is 6.19. The van der Waals surface area contributed by atoms with Gasteiger partial charge in [0.1, 0.15) is 5.76 Å². The Balaban J connectivity index is 1.80. The smallest absolute Gasteiger partial charge is 0.170 e. The molecule has 0 aromatic rings. The van der Waals surface area contributed by atoms with Crippen LogP contribution in [0.15, 0.2) is 11.8 Å². The van der Waals surface area contributed by atoms with E-state index < -0.39 is 12.4 Å². The summed E-state index contributed by atoms with van der Waals surface area (Å²) < 4.78 is 5.26. The summed E-state index contributed by atoms with van der Waals surface area (Å²) in [6.07, 6.45) is 0.300. The quantitative estimate of drug-likeness (QED) is 0.409. The molecule has 3 aliphatic rings. The van der Waals surface area contributed by atoms with E-state index in [2.05, 4.69) is 10.2 Å². The van der Waals surface area contributed by atoms with Gasteiger partial charge in [-0.25, -0.2) is 0 Å². The number of nitrogens with one attached hydrogen (secondary N) is 1. The second-order valence-corrected chi connectivity index (χ2v) is 6.06. The fourth-order valence-electron chi connectivity index (χ4n) is 3.70. The van der Waals surface area contributed by atoms with Crippen LogP contribution in [0.25, 0.3) is 0 Å². The van der Waals surface area contributed by atoms with Crippen LogP contribution < -0.4 is 5.32 Å². The maximum Gasteiger partial charge on any atom is 0.170 e. The highest BCUT2D eigenvalue weighted by Crippen LogP contribution is 2.40. The highest BCUT2D eigenvalue weighted by molar-refractivity contribution is 5.23. The Labute approximate surface area is 119 Å². The predicted octanol–water partition coefficient (Wildman–Crippen LogP) is -0.565. The van der Waals surface area contributed by atoms with E-state index in [9.17, 15) is 15.3 Å². The van der Waals surface area contributed by atoms with E-state index in [0.29, 0.717) is 6.61 Å². The van der Waals surface area contributed by atoms with Crippen molar-refractivity contribution in [3.63, 3.8) is 0 Å². The molecule has 7 atom stereocenters. The maximum atomic E-state index is 10.6. The predicted molar refractivity (Wildman–Crippen MR) is 73.1 cm³/mol. The largest absolute Gasteiger partial charge is 0.511 e. The topological polar surface area (TPSA) is 85.0 Å². The second kappa shape index (κ2) is 5.27. The molecular weight excluding hydrogens is 260 g/mol. The monoisotopic (exact) mass is 284 g/mol. The zero-order chi connectivity index (χ0) is 14.4. The van der Waals surface area contributed by atoms with Crippen LogP contribution >= 0.6 is 0 Å². The molecule has 114 valence electrons. The number of aliphatic hydroxyl groups excluding tert-OH is 3. The minimum Gasteiger partial charge on any atom is -0.511 e. The van der Waals surface area contributed by atoms with Crippen LogP contribution in [0, 0.1) is 11.8 Å². The maximum absolute atomic E-state index is 10.6. The Morgan fingerprint density at radius 2 is 2.20 bits per heavy atom. The summed E-state index contributed by atoms with van der Waals surface area (Å²) >= 11 is 0. The summed E-state index contributed by atoms with van der Waals surface area (Å²) in [7, 11) is 0. The highest BCUT2D eigenvalue weighted by atomic mass is 16.6. The molecule has 0 saturated carbocycles. The number of hydrogen-bond acceptors (Lipinski definition) is 6. The van der Waals surface area contributed by atoms with Crippen molar-refractivity contribution in [2.45, 2.75) is 44.4 Å². The van der Waals surface area contributed by atoms with Crippen molar-refractivity contribution in [2.75, 3.05) is 19.7 Å². The van der Waals surface area contributed by atoms with E-state index in [0.717, 1.165) is 13.1 Å². The van der Waals surface area contributed by atoms with Crippen molar-refractivity contribution in [1.82, 2.24) is 10.2 Å². The fourth-order valence-corrected chi connectivity index (χ4v) is 3.70. The van der Waals surface area contributed by atoms with Crippen molar-refractivity contribution >= 4 is 0 Å². The summed E-state index contributed by atoms with van der Waals surface area (Å²) in [5, 5.41) is 34.1. The molecular formula is C14H24N2O4. The minimum absolute atomic E-state index is 0.0230. The van der Waals surface area contributed by atoms with Gasteiger partial charge in [-0.15, -0.1) is 0 Å². The molecule has 2 fully saturated rings. The standard InChI is InChI=1S/C14H24N2O4/c1-3-20-14(19)11-7(2)10-12(15-11)9(17)6-8(13(10)18)16-4-5-16/h6-8,10-15,17-19H,3-5H2,1-2H3. The van der Waals surface area contributed by atoms with Crippen molar-refractivity contribution in [1.29, 1.82) is 0 Å². The van der Waals surface area contributed by atoms with E-state index in [1.54, 1.807) is 6.08 Å². The lowest BCUT2D eigenvalue weighted by atomic mass is 9.77. The average Bonchev–Trinajstić information content (AvgIpc) is 3.17. The summed E-state index contributed by atoms with van der Waals surface area (Å²) in [4.78, 5) is 2.14. The lowest BCUT2D eigenvalue weighted by Gasteiger charge is -2.36. The third-order valence-corrected chi connectivity index (χ3v) is 4.88. The molecule has 7 unspecified atom stereocenters. The Morgan fingerprint density at radius 1 is 1.50 bits per heavy atom. The lowest BCUT2D eigenvalue weighted by Crippen LogP contribution is -2.49. The molecule has 0 amide bonds. The van der Waals surface area contributed by atoms with Crippen molar-refractivity contribution < 1.29 is 20.1 Å². The van der Waals surface area contributed by atoms with Crippen LogP contribution in [0.4, 0.5) is 0 Å². The average molecular weight is 284 g/mol. The first-order chi connectivity index (χ1) is 9.54. The van der Waals surface area contributed by atoms with Gasteiger partial charge in [-0.1, -0.05) is 6.92 Å². The van der Waals surface area contributed by atoms with Gasteiger partial charge in [-0.2, -0.15) is 0 Å². The summed E-state index contributed by atoms with van der Waals surface area (Å²) in [5.74, 6) is 0.191. The van der Waals surface area contributed by atoms with Crippen LogP contribution in [0.3, 0.4) is 0 Å². The number of nitrogens with zero attached hydrogens (tertiary/aromatic N) is 1. The van der Waals surface area contributed by atoms with E-state index in [4.69, 9.17) is 4.74 Å². The Kier molecular flexibility index (Phi) is 3.77. The van der Waals surface area contributed by atoms with Crippen LogP contribution in [-0.4, -0.2) is 70.4 Å². The number of hydrogen-bond donors (Lipinski definition) is 4. The van der Waals surface area contributed by atoms with Crippen LogP contribution in [0.1, 0.15) is 13.8 Å². The molecule has 0 spiro atoms. The third-order valence-electron chi connectivity index (χ3n) is 4.88. The molecule has 0 aromatic heterocycles. The number of fused-ring (bicyclic) bond motifs is 1. The molecule has 4 N–H and O–H groups in total. The SMILES string of the molecule is CCOC(O)C1NC2C(O)=CC(N3CC3)C(O)C2C1C. The van der Waals surface area contributed by atoms with Gasteiger partial charge >= 0.3 is 0 Å². The van der Waals surface area contributed by atoms with E-state index >= 15 is 0 Å². The van der Waals surface area contributed by atoms with Crippen molar-refractivity contribution in [2.24, 2.45) is 11.8 Å². The van der Waals surface area contributed by atoms with Gasteiger partial charge in [0.2, 0.25) is 0 Å². The molecule has 6 nitrogen and oxygen atoms in total. The summed E-state index contributed by atoms with van der Waals surface area (Å²) in [6, 6.07) is -0.678. The molecule has 2 aliphatic heterocycles. The third kappa shape index (κ3) is 2.25.